The van der Waals surface area contributed by atoms with Gasteiger partial charge in [-0.3, -0.25) is 10.1 Å². The van der Waals surface area contributed by atoms with Crippen LogP contribution in [-0.4, -0.2) is 30.6 Å². The Morgan fingerprint density at radius 1 is 0.919 bits per heavy atom. The summed E-state index contributed by atoms with van der Waals surface area (Å²) < 4.78 is 46.7. The Hall–Kier alpha value is -4.60. The van der Waals surface area contributed by atoms with Crippen molar-refractivity contribution in [3.8, 4) is 5.75 Å². The first kappa shape index (κ1) is 27.0. The molecule has 0 heterocycles. The van der Waals surface area contributed by atoms with Crippen molar-refractivity contribution in [2.24, 2.45) is 0 Å². The second kappa shape index (κ2) is 12.9. The molecule has 0 aliphatic rings. The summed E-state index contributed by atoms with van der Waals surface area (Å²) in [5.41, 5.74) is 2.93. The number of carbonyl (C=O) groups is 1. The monoisotopic (exact) mass is 512 g/mol. The molecular weight excluding hydrogens is 489 g/mol. The fourth-order valence-electron chi connectivity index (χ4n) is 3.30. The van der Waals surface area contributed by atoms with E-state index in [9.17, 15) is 28.1 Å². The molecule has 37 heavy (non-hydrogen) atoms. The number of nitro benzene ring substituents is 1. The van der Waals surface area contributed by atoms with Crippen LogP contribution in [0, 0.1) is 10.1 Å². The molecule has 0 N–H and O–H groups in total. The Kier molecular flexibility index (Phi) is 9.42. The van der Waals surface area contributed by atoms with Gasteiger partial charge in [0.05, 0.1) is 17.0 Å². The topological polar surface area (TPSA) is 81.9 Å². The van der Waals surface area contributed by atoms with Crippen LogP contribution in [0.4, 0.5) is 24.5 Å². The highest BCUT2D eigenvalue weighted by Gasteiger charge is 2.12. The zero-order chi connectivity index (χ0) is 26.8. The predicted molar refractivity (Wildman–Crippen MR) is 134 cm³/mol. The molecular formula is C27H23F3N2O5. The third kappa shape index (κ3) is 7.96. The van der Waals surface area contributed by atoms with Gasteiger partial charge in [0.25, 0.3) is 5.69 Å². The number of ether oxygens (including phenoxy) is 2. The molecule has 7 nitrogen and oxygen atoms in total. The van der Waals surface area contributed by atoms with Crippen LogP contribution in [-0.2, 0) is 4.74 Å². The quantitative estimate of drug-likeness (QED) is 0.0918. The summed E-state index contributed by atoms with van der Waals surface area (Å²) in [6.07, 6.45) is 1.19. The minimum absolute atomic E-state index is 0.0386. The molecule has 3 aromatic rings. The molecule has 0 fully saturated rings. The van der Waals surface area contributed by atoms with Gasteiger partial charge in [0.15, 0.2) is 0 Å². The van der Waals surface area contributed by atoms with Gasteiger partial charge in [-0.05, 0) is 66.6 Å². The van der Waals surface area contributed by atoms with E-state index in [1.54, 1.807) is 12.1 Å². The number of likely N-dealkylation sites (N-methyl/N-ethyl adjacent to an activating group) is 1. The molecule has 0 atom stereocenters. The Balaban J connectivity index is 1.51. The lowest BCUT2D eigenvalue weighted by atomic mass is 10.1. The van der Waals surface area contributed by atoms with Gasteiger partial charge < -0.3 is 14.4 Å². The van der Waals surface area contributed by atoms with Gasteiger partial charge in [-0.25, -0.2) is 4.79 Å². The lowest BCUT2D eigenvalue weighted by molar-refractivity contribution is -0.384. The van der Waals surface area contributed by atoms with Crippen molar-refractivity contribution in [3.63, 3.8) is 0 Å². The molecule has 3 rings (SSSR count). The maximum absolute atomic E-state index is 12.8. The van der Waals surface area contributed by atoms with Crippen molar-refractivity contribution in [2.75, 3.05) is 24.6 Å². The molecule has 0 saturated heterocycles. The number of esters is 1. The van der Waals surface area contributed by atoms with Crippen LogP contribution in [0.2, 0.25) is 0 Å². The summed E-state index contributed by atoms with van der Waals surface area (Å²) in [6, 6.07) is 17.0. The molecule has 0 aliphatic carbocycles. The second-order valence-corrected chi connectivity index (χ2v) is 7.65. The molecule has 10 heteroatoms. The van der Waals surface area contributed by atoms with Crippen LogP contribution in [0.25, 0.3) is 12.2 Å². The first-order valence-corrected chi connectivity index (χ1v) is 11.2. The fourth-order valence-corrected chi connectivity index (χ4v) is 3.30. The number of nitrogens with zero attached hydrogens (tertiary/aromatic N) is 2. The summed E-state index contributed by atoms with van der Waals surface area (Å²) in [5, 5.41) is 10.7. The highest BCUT2D eigenvalue weighted by molar-refractivity contribution is 5.89. The first-order chi connectivity index (χ1) is 17.8. The van der Waals surface area contributed by atoms with Crippen LogP contribution in [0.3, 0.4) is 0 Å². The molecule has 0 aromatic heterocycles. The molecule has 0 unspecified atom stereocenters. The molecule has 192 valence electrons. The predicted octanol–water partition coefficient (Wildman–Crippen LogP) is 6.86. The van der Waals surface area contributed by atoms with E-state index in [0.29, 0.717) is 13.1 Å². The number of benzene rings is 3. The second-order valence-electron chi connectivity index (χ2n) is 7.65. The normalized spacial score (nSPS) is 10.7. The summed E-state index contributed by atoms with van der Waals surface area (Å²) >= 11 is 0. The Morgan fingerprint density at radius 2 is 1.49 bits per heavy atom. The van der Waals surface area contributed by atoms with E-state index < -0.39 is 23.0 Å². The van der Waals surface area contributed by atoms with Crippen molar-refractivity contribution in [1.29, 1.82) is 0 Å². The summed E-state index contributed by atoms with van der Waals surface area (Å²) in [7, 11) is 0. The van der Waals surface area contributed by atoms with Gasteiger partial charge in [0.1, 0.15) is 12.4 Å². The molecule has 0 spiro atoms. The average Bonchev–Trinajstić information content (AvgIpc) is 2.90. The Morgan fingerprint density at radius 3 is 2.00 bits per heavy atom. The lowest BCUT2D eigenvalue weighted by Crippen LogP contribution is -2.28. The first-order valence-electron chi connectivity index (χ1n) is 11.2. The zero-order valence-corrected chi connectivity index (χ0v) is 19.8. The number of rotatable bonds is 11. The van der Waals surface area contributed by atoms with E-state index >= 15 is 0 Å². The maximum Gasteiger partial charge on any atom is 0.344 e. The number of non-ortho nitro benzene ring substituents is 1. The number of hydrogen-bond acceptors (Lipinski definition) is 6. The SMILES string of the molecule is CCN(CCOC(=O)c1ccc(OC(F)=C(F)F)cc1)c1ccc(/C=C/c2ccc([N+](=O)[O-])cc2)cc1. The van der Waals surface area contributed by atoms with Gasteiger partial charge in [0.2, 0.25) is 0 Å². The Labute approximate surface area is 211 Å². The average molecular weight is 512 g/mol. The molecule has 3 aromatic carbocycles. The standard InChI is InChI=1S/C27H23F3N2O5/c1-2-31(17-18-36-27(33)21-9-15-24(16-10-21)37-26(30)25(28)29)22-11-5-19(6-12-22)3-4-20-7-13-23(14-8-20)32(34)35/h3-16H,2,17-18H2,1H3/b4-3+. The molecule has 0 amide bonds. The van der Waals surface area contributed by atoms with E-state index in [-0.39, 0.29) is 23.6 Å². The number of nitro groups is 1. The maximum atomic E-state index is 12.8. The summed E-state index contributed by atoms with van der Waals surface area (Å²) in [4.78, 5) is 24.6. The van der Waals surface area contributed by atoms with Crippen molar-refractivity contribution in [1.82, 2.24) is 0 Å². The highest BCUT2D eigenvalue weighted by atomic mass is 19.3. The smallest absolute Gasteiger partial charge is 0.344 e. The number of anilines is 1. The highest BCUT2D eigenvalue weighted by Crippen LogP contribution is 2.20. The minimum Gasteiger partial charge on any atom is -0.460 e. The largest absolute Gasteiger partial charge is 0.460 e. The van der Waals surface area contributed by atoms with Crippen molar-refractivity contribution in [2.45, 2.75) is 6.92 Å². The number of hydrogen-bond donors (Lipinski definition) is 0. The van der Waals surface area contributed by atoms with Gasteiger partial charge in [-0.1, -0.05) is 24.3 Å². The van der Waals surface area contributed by atoms with Gasteiger partial charge in [0, 0.05) is 24.4 Å². The van der Waals surface area contributed by atoms with Crippen LogP contribution >= 0.6 is 0 Å². The summed E-state index contributed by atoms with van der Waals surface area (Å²) in [6.45, 7) is 3.19. The van der Waals surface area contributed by atoms with E-state index in [2.05, 4.69) is 4.74 Å². The van der Waals surface area contributed by atoms with Crippen molar-refractivity contribution >= 4 is 29.5 Å². The van der Waals surface area contributed by atoms with Crippen molar-refractivity contribution < 1.29 is 32.4 Å². The number of carbonyl (C=O) groups excluding carboxylic acids is 1. The Bertz CT molecular complexity index is 1270. The van der Waals surface area contributed by atoms with Gasteiger partial charge in [-0.2, -0.15) is 13.2 Å². The summed E-state index contributed by atoms with van der Waals surface area (Å²) in [5.74, 6) is -0.785. The molecule has 0 radical (unpaired) electrons. The van der Waals surface area contributed by atoms with Crippen LogP contribution in [0.15, 0.2) is 84.9 Å². The fraction of sp³-hybridized carbons (Fsp3) is 0.148. The zero-order valence-electron chi connectivity index (χ0n) is 19.8. The van der Waals surface area contributed by atoms with E-state index in [4.69, 9.17) is 4.74 Å². The third-order valence-corrected chi connectivity index (χ3v) is 5.25. The molecule has 0 saturated carbocycles. The third-order valence-electron chi connectivity index (χ3n) is 5.25. The van der Waals surface area contributed by atoms with Crippen LogP contribution < -0.4 is 9.64 Å². The number of halogens is 3. The molecule has 0 aliphatic heterocycles. The minimum atomic E-state index is -2.57. The van der Waals surface area contributed by atoms with E-state index in [1.165, 1.54) is 36.4 Å². The van der Waals surface area contributed by atoms with Crippen LogP contribution in [0.1, 0.15) is 28.4 Å². The van der Waals surface area contributed by atoms with E-state index in [0.717, 1.165) is 16.8 Å². The van der Waals surface area contributed by atoms with Gasteiger partial charge >= 0.3 is 18.1 Å². The molecule has 0 bridgehead atoms. The van der Waals surface area contributed by atoms with E-state index in [1.807, 2.05) is 48.2 Å². The van der Waals surface area contributed by atoms with Gasteiger partial charge in [-0.15, -0.1) is 0 Å². The van der Waals surface area contributed by atoms with Crippen LogP contribution in [0.5, 0.6) is 5.75 Å². The lowest BCUT2D eigenvalue weighted by Gasteiger charge is -2.23. The van der Waals surface area contributed by atoms with Crippen molar-refractivity contribution in [3.05, 3.63) is 112 Å².